The molecule has 2 aliphatic rings. The van der Waals surface area contributed by atoms with Crippen LogP contribution in [0.5, 0.6) is 5.88 Å². The first-order valence-electron chi connectivity index (χ1n) is 7.90. The van der Waals surface area contributed by atoms with E-state index in [9.17, 15) is 14.9 Å². The molecule has 27 heavy (non-hydrogen) atoms. The van der Waals surface area contributed by atoms with Gasteiger partial charge in [-0.2, -0.15) is 5.26 Å². The summed E-state index contributed by atoms with van der Waals surface area (Å²) in [7, 11) is 0. The lowest BCUT2D eigenvalue weighted by Gasteiger charge is -2.31. The summed E-state index contributed by atoms with van der Waals surface area (Å²) in [5, 5.41) is 19.1. The Hall–Kier alpha value is -3.32. The Balaban J connectivity index is 2.11. The van der Waals surface area contributed by atoms with Crippen LogP contribution in [0.4, 0.5) is 5.69 Å². The number of nitrogens with zero attached hydrogens (tertiary/aromatic N) is 2. The number of halogens is 1. The van der Waals surface area contributed by atoms with Gasteiger partial charge in [-0.25, -0.2) is 4.79 Å². The third-order valence-electron chi connectivity index (χ3n) is 4.50. The minimum Gasteiger partial charge on any atom is -0.461 e. The summed E-state index contributed by atoms with van der Waals surface area (Å²) >= 11 is 3.38. The maximum Gasteiger partial charge on any atom is 0.356 e. The fourth-order valence-corrected chi connectivity index (χ4v) is 3.83. The van der Waals surface area contributed by atoms with Gasteiger partial charge in [0.05, 0.1) is 12.2 Å². The Morgan fingerprint density at radius 1 is 1.52 bits per heavy atom. The largest absolute Gasteiger partial charge is 0.461 e. The molecule has 2 aliphatic heterocycles. The van der Waals surface area contributed by atoms with Crippen LogP contribution in [0.15, 0.2) is 34.1 Å². The first-order valence-corrected chi connectivity index (χ1v) is 8.70. The lowest BCUT2D eigenvalue weighted by molar-refractivity contribution is -0.118. The highest BCUT2D eigenvalue weighted by atomic mass is 79.9. The molecule has 9 nitrogen and oxygen atoms in total. The molecule has 10 heteroatoms. The Kier molecular flexibility index (Phi) is 3.71. The van der Waals surface area contributed by atoms with Crippen molar-refractivity contribution in [3.63, 3.8) is 0 Å². The summed E-state index contributed by atoms with van der Waals surface area (Å²) in [4.78, 5) is 25.7. The Labute approximate surface area is 161 Å². The first-order chi connectivity index (χ1) is 12.9. The predicted molar refractivity (Wildman–Crippen MR) is 95.6 cm³/mol. The number of ether oxygens (including phenoxy) is 2. The van der Waals surface area contributed by atoms with E-state index in [0.29, 0.717) is 15.7 Å². The van der Waals surface area contributed by atoms with E-state index in [1.165, 1.54) is 0 Å². The molecule has 0 bridgehead atoms. The Bertz CT molecular complexity index is 1080. The standard InChI is InChI=1S/C17H12BrN5O4/c1-2-26-15(24)12-11-14(23-22-12)27-13(20)9(6-19)17(11)8-5-7(18)3-4-10(8)21-16(17)25/h3-5H,2,20H2,1H3,(H,21,25)(H,22,23). The summed E-state index contributed by atoms with van der Waals surface area (Å²) < 4.78 is 11.2. The number of nitrogens with two attached hydrogens (primary N) is 1. The van der Waals surface area contributed by atoms with E-state index in [1.807, 2.05) is 6.07 Å². The zero-order valence-corrected chi connectivity index (χ0v) is 15.5. The molecule has 0 saturated carbocycles. The SMILES string of the molecule is CCOC(=O)c1[nH]nc2c1C1(C(=O)Nc3ccc(Br)cc31)C(C#N)=C(N)O2. The van der Waals surface area contributed by atoms with Crippen molar-refractivity contribution in [3.05, 3.63) is 50.9 Å². The Morgan fingerprint density at radius 3 is 3.00 bits per heavy atom. The summed E-state index contributed by atoms with van der Waals surface area (Å²) in [5.41, 5.74) is 5.10. The van der Waals surface area contributed by atoms with Crippen LogP contribution < -0.4 is 15.8 Å². The van der Waals surface area contributed by atoms with Gasteiger partial charge in [-0.1, -0.05) is 15.9 Å². The van der Waals surface area contributed by atoms with Crippen LogP contribution in [-0.4, -0.2) is 28.7 Å². The zero-order chi connectivity index (χ0) is 19.3. The molecule has 1 atom stereocenters. The lowest BCUT2D eigenvalue weighted by Crippen LogP contribution is -2.43. The number of rotatable bonds is 2. The molecule has 0 aliphatic carbocycles. The third kappa shape index (κ3) is 2.12. The van der Waals surface area contributed by atoms with E-state index in [4.69, 9.17) is 15.2 Å². The number of benzene rings is 1. The molecule has 0 saturated heterocycles. The van der Waals surface area contributed by atoms with Crippen molar-refractivity contribution in [1.82, 2.24) is 10.2 Å². The molecule has 4 rings (SSSR count). The van der Waals surface area contributed by atoms with Crippen molar-refractivity contribution in [3.8, 4) is 11.9 Å². The molecule has 0 fully saturated rings. The normalized spacial score (nSPS) is 19.8. The molecule has 2 aromatic rings. The van der Waals surface area contributed by atoms with Crippen molar-refractivity contribution in [2.24, 2.45) is 5.73 Å². The number of amides is 1. The molecular formula is C17H12BrN5O4. The number of hydrogen-bond acceptors (Lipinski definition) is 7. The summed E-state index contributed by atoms with van der Waals surface area (Å²) in [6.45, 7) is 1.78. The van der Waals surface area contributed by atoms with E-state index in [0.717, 1.165) is 0 Å². The maximum atomic E-state index is 13.2. The number of aromatic nitrogens is 2. The third-order valence-corrected chi connectivity index (χ3v) is 5.00. The minimum atomic E-state index is -1.68. The number of nitrogens with one attached hydrogen (secondary N) is 2. The average molecular weight is 430 g/mol. The summed E-state index contributed by atoms with van der Waals surface area (Å²) in [6.07, 6.45) is 0. The second-order valence-electron chi connectivity index (χ2n) is 5.85. The smallest absolute Gasteiger partial charge is 0.356 e. The highest BCUT2D eigenvalue weighted by molar-refractivity contribution is 9.10. The lowest BCUT2D eigenvalue weighted by atomic mass is 9.69. The second-order valence-corrected chi connectivity index (χ2v) is 6.76. The van der Waals surface area contributed by atoms with Gasteiger partial charge in [0.25, 0.3) is 0 Å². The monoisotopic (exact) mass is 429 g/mol. The number of anilines is 1. The number of hydrogen-bond donors (Lipinski definition) is 3. The van der Waals surface area contributed by atoms with E-state index in [-0.39, 0.29) is 35.2 Å². The van der Waals surface area contributed by atoms with Crippen LogP contribution in [0.3, 0.4) is 0 Å². The minimum absolute atomic E-state index is 0.0578. The van der Waals surface area contributed by atoms with Gasteiger partial charge in [-0.15, -0.1) is 5.10 Å². The highest BCUT2D eigenvalue weighted by Gasteiger charge is 2.59. The summed E-state index contributed by atoms with van der Waals surface area (Å²) in [6, 6.07) is 7.10. The number of fused-ring (bicyclic) bond motifs is 4. The fourth-order valence-electron chi connectivity index (χ4n) is 3.47. The predicted octanol–water partition coefficient (Wildman–Crippen LogP) is 1.67. The highest BCUT2D eigenvalue weighted by Crippen LogP contribution is 2.54. The molecule has 1 aromatic carbocycles. The number of carbonyl (C=O) groups excluding carboxylic acids is 2. The van der Waals surface area contributed by atoms with Crippen LogP contribution in [0.25, 0.3) is 0 Å². The number of carbonyl (C=O) groups is 2. The maximum absolute atomic E-state index is 13.2. The van der Waals surface area contributed by atoms with Crippen LogP contribution >= 0.6 is 15.9 Å². The van der Waals surface area contributed by atoms with Gasteiger partial charge in [0.2, 0.25) is 17.7 Å². The quantitative estimate of drug-likeness (QED) is 0.615. The van der Waals surface area contributed by atoms with Gasteiger partial charge in [0, 0.05) is 15.7 Å². The zero-order valence-electron chi connectivity index (χ0n) is 13.9. The van der Waals surface area contributed by atoms with Gasteiger partial charge in [-0.3, -0.25) is 9.89 Å². The molecule has 1 spiro atoms. The number of nitriles is 1. The molecule has 136 valence electrons. The van der Waals surface area contributed by atoms with E-state index >= 15 is 0 Å². The fraction of sp³-hybridized carbons (Fsp3) is 0.176. The average Bonchev–Trinajstić information content (AvgIpc) is 3.16. The van der Waals surface area contributed by atoms with Crippen molar-refractivity contribution in [2.75, 3.05) is 11.9 Å². The van der Waals surface area contributed by atoms with Gasteiger partial charge in [0.15, 0.2) is 5.69 Å². The van der Waals surface area contributed by atoms with Crippen LogP contribution in [0.2, 0.25) is 0 Å². The van der Waals surface area contributed by atoms with Gasteiger partial charge in [0.1, 0.15) is 17.1 Å². The molecule has 1 aromatic heterocycles. The molecule has 0 radical (unpaired) electrons. The molecule has 4 N–H and O–H groups in total. The van der Waals surface area contributed by atoms with Crippen molar-refractivity contribution >= 4 is 33.5 Å². The van der Waals surface area contributed by atoms with Crippen LogP contribution in [0, 0.1) is 11.3 Å². The van der Waals surface area contributed by atoms with Gasteiger partial charge < -0.3 is 20.5 Å². The van der Waals surface area contributed by atoms with Crippen molar-refractivity contribution in [2.45, 2.75) is 12.3 Å². The molecular weight excluding hydrogens is 418 g/mol. The summed E-state index contributed by atoms with van der Waals surface area (Å²) in [5.74, 6) is -1.57. The second kappa shape index (κ2) is 5.85. The van der Waals surface area contributed by atoms with Gasteiger partial charge in [-0.05, 0) is 25.1 Å². The molecule has 3 heterocycles. The topological polar surface area (TPSA) is 143 Å². The molecule has 1 amide bonds. The number of aromatic amines is 1. The Morgan fingerprint density at radius 2 is 2.30 bits per heavy atom. The van der Waals surface area contributed by atoms with Crippen molar-refractivity contribution < 1.29 is 19.1 Å². The van der Waals surface area contributed by atoms with E-state index in [2.05, 4.69) is 31.4 Å². The molecule has 1 unspecified atom stereocenters. The van der Waals surface area contributed by atoms with E-state index in [1.54, 1.807) is 25.1 Å². The van der Waals surface area contributed by atoms with Crippen molar-refractivity contribution in [1.29, 1.82) is 5.26 Å². The van der Waals surface area contributed by atoms with Crippen LogP contribution in [0.1, 0.15) is 28.5 Å². The van der Waals surface area contributed by atoms with E-state index < -0.39 is 17.3 Å². The number of esters is 1. The first kappa shape index (κ1) is 17.1. The van der Waals surface area contributed by atoms with Gasteiger partial charge >= 0.3 is 5.97 Å². The number of H-pyrrole nitrogens is 1. The van der Waals surface area contributed by atoms with Crippen LogP contribution in [-0.2, 0) is 14.9 Å².